The number of carbonyl (C=O) groups is 2. The van der Waals surface area contributed by atoms with E-state index in [0.29, 0.717) is 16.9 Å². The molecule has 1 aromatic heterocycles. The third-order valence-corrected chi connectivity index (χ3v) is 6.43. The summed E-state index contributed by atoms with van der Waals surface area (Å²) < 4.78 is 17.5. The van der Waals surface area contributed by atoms with E-state index in [1.54, 1.807) is 23.7 Å². The van der Waals surface area contributed by atoms with Gasteiger partial charge in [0.2, 0.25) is 0 Å². The van der Waals surface area contributed by atoms with Crippen molar-refractivity contribution < 1.29 is 28.7 Å². The summed E-state index contributed by atoms with van der Waals surface area (Å²) in [6.45, 7) is 2.73. The first kappa shape index (κ1) is 23.2. The van der Waals surface area contributed by atoms with Crippen LogP contribution in [0.2, 0.25) is 0 Å². The van der Waals surface area contributed by atoms with Crippen LogP contribution in [0.15, 0.2) is 52.9 Å². The van der Waals surface area contributed by atoms with Gasteiger partial charge in [0.1, 0.15) is 29.8 Å². The molecule has 0 bridgehead atoms. The lowest BCUT2D eigenvalue weighted by Crippen LogP contribution is -2.39. The van der Waals surface area contributed by atoms with Gasteiger partial charge >= 0.3 is 0 Å². The van der Waals surface area contributed by atoms with Gasteiger partial charge in [0, 0.05) is 30.1 Å². The lowest BCUT2D eigenvalue weighted by atomic mass is 10.1. The fraction of sp³-hybridized carbons (Fsp3) is 0.385. The van der Waals surface area contributed by atoms with Gasteiger partial charge < -0.3 is 24.1 Å². The minimum absolute atomic E-state index is 0.222. The largest absolute Gasteiger partial charge is 0.492 e. The number of nitrogens with one attached hydrogen (secondary N) is 2. The van der Waals surface area contributed by atoms with Gasteiger partial charge in [-0.2, -0.15) is 0 Å². The highest BCUT2D eigenvalue weighted by molar-refractivity contribution is 5.96. The van der Waals surface area contributed by atoms with Gasteiger partial charge in [-0.1, -0.05) is 0 Å². The molecule has 1 aliphatic heterocycles. The smallest absolute Gasteiger partial charge is 0.287 e. The zero-order chi connectivity index (χ0) is 24.2. The van der Waals surface area contributed by atoms with Gasteiger partial charge in [-0.05, 0) is 74.2 Å². The first-order valence-electron chi connectivity index (χ1n) is 12.0. The highest BCUT2D eigenvalue weighted by Gasteiger charge is 2.32. The van der Waals surface area contributed by atoms with Crippen LogP contribution in [0.3, 0.4) is 0 Å². The molecule has 184 valence electrons. The molecule has 1 saturated heterocycles. The SMILES string of the molecule is O=C(NO)c1ccc(OCCNC(=O)c2cc3cc(OC4CCN(C5CC5)CC4)ccc3o2)cc1. The summed E-state index contributed by atoms with van der Waals surface area (Å²) in [6, 6.07) is 14.5. The van der Waals surface area contributed by atoms with E-state index < -0.39 is 5.91 Å². The van der Waals surface area contributed by atoms with Gasteiger partial charge in [-0.15, -0.1) is 0 Å². The van der Waals surface area contributed by atoms with Crippen LogP contribution in [0, 0.1) is 0 Å². The zero-order valence-corrected chi connectivity index (χ0v) is 19.4. The van der Waals surface area contributed by atoms with Crippen LogP contribution >= 0.6 is 0 Å². The molecule has 35 heavy (non-hydrogen) atoms. The Morgan fingerprint density at radius 1 is 0.971 bits per heavy atom. The fourth-order valence-corrected chi connectivity index (χ4v) is 4.39. The van der Waals surface area contributed by atoms with Crippen LogP contribution in [0.5, 0.6) is 11.5 Å². The maximum atomic E-state index is 12.5. The molecular weight excluding hydrogens is 450 g/mol. The molecule has 2 heterocycles. The molecular formula is C26H29N3O6. The van der Waals surface area contributed by atoms with Crippen LogP contribution in [0.25, 0.3) is 11.0 Å². The van der Waals surface area contributed by atoms with Crippen LogP contribution in [-0.2, 0) is 0 Å². The molecule has 3 aromatic rings. The number of amides is 2. The Morgan fingerprint density at radius 3 is 2.43 bits per heavy atom. The molecule has 1 saturated carbocycles. The van der Waals surface area contributed by atoms with Gasteiger partial charge in [0.05, 0.1) is 6.54 Å². The van der Waals surface area contributed by atoms with Crippen molar-refractivity contribution >= 4 is 22.8 Å². The lowest BCUT2D eigenvalue weighted by Gasteiger charge is -2.32. The third kappa shape index (κ3) is 5.75. The second-order valence-corrected chi connectivity index (χ2v) is 8.96. The van der Waals surface area contributed by atoms with E-state index in [4.69, 9.17) is 19.1 Å². The zero-order valence-electron chi connectivity index (χ0n) is 19.4. The molecule has 2 aliphatic rings. The second kappa shape index (κ2) is 10.4. The molecule has 9 heteroatoms. The van der Waals surface area contributed by atoms with E-state index in [1.165, 1.54) is 25.0 Å². The van der Waals surface area contributed by atoms with E-state index in [-0.39, 0.29) is 30.9 Å². The number of hydroxylamine groups is 1. The van der Waals surface area contributed by atoms with Gasteiger partial charge in [0.25, 0.3) is 11.8 Å². The fourth-order valence-electron chi connectivity index (χ4n) is 4.39. The van der Waals surface area contributed by atoms with E-state index in [2.05, 4.69) is 10.2 Å². The van der Waals surface area contributed by atoms with Crippen molar-refractivity contribution in [3.05, 3.63) is 59.9 Å². The molecule has 3 N–H and O–H groups in total. The molecule has 2 amide bonds. The normalized spacial score (nSPS) is 16.7. The summed E-state index contributed by atoms with van der Waals surface area (Å²) in [6.07, 6.45) is 4.98. The number of fused-ring (bicyclic) bond motifs is 1. The number of piperidine rings is 1. The number of hydrogen-bond acceptors (Lipinski definition) is 7. The van der Waals surface area contributed by atoms with Crippen molar-refractivity contribution in [3.63, 3.8) is 0 Å². The summed E-state index contributed by atoms with van der Waals surface area (Å²) in [5.41, 5.74) is 2.52. The van der Waals surface area contributed by atoms with Crippen LogP contribution in [-0.4, -0.2) is 60.3 Å². The maximum absolute atomic E-state index is 12.5. The van der Waals surface area contributed by atoms with Gasteiger partial charge in [0.15, 0.2) is 5.76 Å². The Balaban J connectivity index is 1.09. The number of rotatable bonds is 9. The first-order valence-corrected chi connectivity index (χ1v) is 12.0. The average molecular weight is 480 g/mol. The predicted molar refractivity (Wildman–Crippen MR) is 128 cm³/mol. The molecule has 5 rings (SSSR count). The van der Waals surface area contributed by atoms with Crippen LogP contribution < -0.4 is 20.3 Å². The van der Waals surface area contributed by atoms with E-state index in [0.717, 1.165) is 43.1 Å². The van der Waals surface area contributed by atoms with E-state index in [9.17, 15) is 9.59 Å². The molecule has 0 radical (unpaired) electrons. The molecule has 1 aliphatic carbocycles. The highest BCUT2D eigenvalue weighted by atomic mass is 16.5. The molecule has 2 fully saturated rings. The van der Waals surface area contributed by atoms with E-state index >= 15 is 0 Å². The second-order valence-electron chi connectivity index (χ2n) is 8.96. The quantitative estimate of drug-likeness (QED) is 0.245. The minimum atomic E-state index is -0.595. The summed E-state index contributed by atoms with van der Waals surface area (Å²) in [4.78, 5) is 26.4. The number of hydrogen-bond donors (Lipinski definition) is 3. The maximum Gasteiger partial charge on any atom is 0.287 e. The first-order chi connectivity index (χ1) is 17.1. The molecule has 0 atom stereocenters. The Bertz CT molecular complexity index is 1180. The Hall–Kier alpha value is -3.56. The predicted octanol–water partition coefficient (Wildman–Crippen LogP) is 3.37. The third-order valence-electron chi connectivity index (χ3n) is 6.43. The molecule has 2 aromatic carbocycles. The number of carbonyl (C=O) groups excluding carboxylic acids is 2. The van der Waals surface area contributed by atoms with Crippen molar-refractivity contribution in [2.75, 3.05) is 26.2 Å². The van der Waals surface area contributed by atoms with Gasteiger partial charge in [-0.25, -0.2) is 5.48 Å². The topological polar surface area (TPSA) is 113 Å². The Labute approximate surface area is 202 Å². The summed E-state index contributed by atoms with van der Waals surface area (Å²) >= 11 is 0. The molecule has 0 spiro atoms. The van der Waals surface area contributed by atoms with Crippen molar-refractivity contribution in [1.29, 1.82) is 0 Å². The highest BCUT2D eigenvalue weighted by Crippen LogP contribution is 2.31. The Morgan fingerprint density at radius 2 is 1.71 bits per heavy atom. The number of ether oxygens (including phenoxy) is 2. The minimum Gasteiger partial charge on any atom is -0.492 e. The standard InChI is InChI=1S/C26H29N3O6/c30-25(28-32)17-1-5-20(6-2-17)33-14-11-27-26(31)24-16-18-15-22(7-8-23(18)35-24)34-21-9-12-29(13-10-21)19-3-4-19/h1-2,5-8,15-16,19,21,32H,3-4,9-14H2,(H,27,31)(H,28,30). The van der Waals surface area contributed by atoms with Crippen LogP contribution in [0.4, 0.5) is 0 Å². The van der Waals surface area contributed by atoms with Crippen molar-refractivity contribution in [1.82, 2.24) is 15.7 Å². The number of likely N-dealkylation sites (tertiary alicyclic amines) is 1. The van der Waals surface area contributed by atoms with Crippen LogP contribution in [0.1, 0.15) is 46.6 Å². The lowest BCUT2D eigenvalue weighted by molar-refractivity contribution is 0.0706. The van der Waals surface area contributed by atoms with Gasteiger partial charge in [-0.3, -0.25) is 14.8 Å². The monoisotopic (exact) mass is 479 g/mol. The number of benzene rings is 2. The molecule has 9 nitrogen and oxygen atoms in total. The Kier molecular flexibility index (Phi) is 6.87. The number of nitrogens with zero attached hydrogens (tertiary/aromatic N) is 1. The van der Waals surface area contributed by atoms with E-state index in [1.807, 2.05) is 18.2 Å². The number of furan rings is 1. The summed E-state index contributed by atoms with van der Waals surface area (Å²) in [5, 5.41) is 12.2. The summed E-state index contributed by atoms with van der Waals surface area (Å²) in [5.74, 6) is 0.653. The average Bonchev–Trinajstić information content (AvgIpc) is 3.65. The van der Waals surface area contributed by atoms with Crippen molar-refractivity contribution in [2.45, 2.75) is 37.8 Å². The van der Waals surface area contributed by atoms with Crippen molar-refractivity contribution in [3.8, 4) is 11.5 Å². The molecule has 0 unspecified atom stereocenters. The summed E-state index contributed by atoms with van der Waals surface area (Å²) in [7, 11) is 0. The van der Waals surface area contributed by atoms with Crippen molar-refractivity contribution in [2.24, 2.45) is 0 Å².